The molecule has 0 radical (unpaired) electrons. The van der Waals surface area contributed by atoms with Gasteiger partial charge in [-0.3, -0.25) is 0 Å². The van der Waals surface area contributed by atoms with E-state index in [-0.39, 0.29) is 5.82 Å². The second-order valence-electron chi connectivity index (χ2n) is 5.98. The van der Waals surface area contributed by atoms with E-state index in [1.54, 1.807) is 6.07 Å². The summed E-state index contributed by atoms with van der Waals surface area (Å²) in [6.45, 7) is 2.17. The van der Waals surface area contributed by atoms with Crippen molar-refractivity contribution in [3.8, 4) is 0 Å². The van der Waals surface area contributed by atoms with E-state index in [9.17, 15) is 4.39 Å². The van der Waals surface area contributed by atoms with Crippen LogP contribution in [0.2, 0.25) is 0 Å². The quantitative estimate of drug-likeness (QED) is 0.845. The fraction of sp³-hybridized carbons (Fsp3) is 0.625. The summed E-state index contributed by atoms with van der Waals surface area (Å²) in [6, 6.07) is 5.70. The minimum Gasteiger partial charge on any atom is -0.316 e. The number of benzene rings is 1. The molecular weight excluding hydrogens is 305 g/mol. The molecule has 1 aliphatic carbocycles. The van der Waals surface area contributed by atoms with Crippen LogP contribution in [-0.4, -0.2) is 13.1 Å². The Morgan fingerprint density at radius 2 is 1.95 bits per heavy atom. The third-order valence-electron chi connectivity index (χ3n) is 4.91. The monoisotopic (exact) mass is 325 g/mol. The van der Waals surface area contributed by atoms with Gasteiger partial charge in [-0.2, -0.15) is 0 Å². The van der Waals surface area contributed by atoms with E-state index in [0.717, 1.165) is 25.4 Å². The van der Waals surface area contributed by atoms with Gasteiger partial charge in [-0.05, 0) is 70.9 Å². The lowest BCUT2D eigenvalue weighted by atomic mass is 9.73. The van der Waals surface area contributed by atoms with Crippen LogP contribution in [0, 0.1) is 17.7 Å². The molecule has 1 nitrogen and oxygen atoms in total. The van der Waals surface area contributed by atoms with E-state index < -0.39 is 0 Å². The second-order valence-corrected chi connectivity index (χ2v) is 6.84. The summed E-state index contributed by atoms with van der Waals surface area (Å²) in [5.74, 6) is 1.94. The first kappa shape index (κ1) is 13.6. The molecule has 1 aromatic rings. The summed E-state index contributed by atoms with van der Waals surface area (Å²) in [6.07, 6.45) is 6.62. The van der Waals surface area contributed by atoms with Gasteiger partial charge in [-0.1, -0.05) is 31.7 Å². The Kier molecular flexibility index (Phi) is 4.23. The number of hydrogen-bond acceptors (Lipinski definition) is 1. The SMILES string of the molecule is Fc1cc(C2CCNCC2C2CCCC2)ccc1Br. The zero-order chi connectivity index (χ0) is 13.2. The van der Waals surface area contributed by atoms with Crippen LogP contribution in [0.25, 0.3) is 0 Å². The van der Waals surface area contributed by atoms with Crippen molar-refractivity contribution in [2.75, 3.05) is 13.1 Å². The maximum atomic E-state index is 13.8. The van der Waals surface area contributed by atoms with Gasteiger partial charge in [0.25, 0.3) is 0 Å². The van der Waals surface area contributed by atoms with Crippen molar-refractivity contribution < 1.29 is 4.39 Å². The van der Waals surface area contributed by atoms with E-state index in [1.165, 1.54) is 31.2 Å². The fourth-order valence-corrected chi connectivity index (χ4v) is 4.17. The molecule has 1 saturated carbocycles. The molecule has 2 unspecified atom stereocenters. The predicted molar refractivity (Wildman–Crippen MR) is 79.8 cm³/mol. The lowest BCUT2D eigenvalue weighted by Gasteiger charge is -2.36. The smallest absolute Gasteiger partial charge is 0.137 e. The predicted octanol–water partition coefficient (Wildman–Crippen LogP) is 4.47. The van der Waals surface area contributed by atoms with Crippen molar-refractivity contribution in [2.24, 2.45) is 11.8 Å². The van der Waals surface area contributed by atoms with Gasteiger partial charge < -0.3 is 5.32 Å². The van der Waals surface area contributed by atoms with Crippen molar-refractivity contribution in [1.29, 1.82) is 0 Å². The molecular formula is C16H21BrFN. The Hall–Kier alpha value is -0.410. The number of halogens is 2. The highest BCUT2D eigenvalue weighted by Gasteiger charge is 2.34. The molecule has 1 saturated heterocycles. The second kappa shape index (κ2) is 5.92. The molecule has 19 heavy (non-hydrogen) atoms. The third-order valence-corrected chi connectivity index (χ3v) is 5.55. The Bertz CT molecular complexity index is 442. The van der Waals surface area contributed by atoms with E-state index in [2.05, 4.69) is 27.3 Å². The molecule has 0 aromatic heterocycles. The maximum Gasteiger partial charge on any atom is 0.137 e. The highest BCUT2D eigenvalue weighted by molar-refractivity contribution is 9.10. The molecule has 0 amide bonds. The van der Waals surface area contributed by atoms with Gasteiger partial charge in [0, 0.05) is 0 Å². The first-order valence-electron chi connectivity index (χ1n) is 7.41. The maximum absolute atomic E-state index is 13.8. The van der Waals surface area contributed by atoms with Crippen molar-refractivity contribution in [1.82, 2.24) is 5.32 Å². The average molecular weight is 326 g/mol. The van der Waals surface area contributed by atoms with Crippen LogP contribution in [0.15, 0.2) is 22.7 Å². The Balaban J connectivity index is 1.84. The van der Waals surface area contributed by atoms with Gasteiger partial charge >= 0.3 is 0 Å². The molecule has 0 spiro atoms. The molecule has 104 valence electrons. The van der Waals surface area contributed by atoms with Crippen molar-refractivity contribution in [3.05, 3.63) is 34.1 Å². The Labute approximate surface area is 123 Å². The average Bonchev–Trinajstić information content (AvgIpc) is 2.96. The zero-order valence-corrected chi connectivity index (χ0v) is 12.8. The van der Waals surface area contributed by atoms with Crippen LogP contribution in [0.4, 0.5) is 4.39 Å². The number of rotatable bonds is 2. The standard InChI is InChI=1S/C16H21BrFN/c17-15-6-5-12(9-16(15)18)13-7-8-19-10-14(13)11-3-1-2-4-11/h5-6,9,11,13-14,19H,1-4,7-8,10H2. The van der Waals surface area contributed by atoms with E-state index in [1.807, 2.05) is 6.07 Å². The minimum absolute atomic E-state index is 0.124. The number of nitrogens with one attached hydrogen (secondary N) is 1. The molecule has 1 heterocycles. The molecule has 3 heteroatoms. The molecule has 2 fully saturated rings. The van der Waals surface area contributed by atoms with Crippen LogP contribution in [0.3, 0.4) is 0 Å². The minimum atomic E-state index is -0.124. The molecule has 3 rings (SSSR count). The lowest BCUT2D eigenvalue weighted by molar-refractivity contribution is 0.231. The molecule has 1 aromatic carbocycles. The van der Waals surface area contributed by atoms with Gasteiger partial charge in [0.1, 0.15) is 5.82 Å². The first-order chi connectivity index (χ1) is 9.25. The van der Waals surface area contributed by atoms with Crippen molar-refractivity contribution >= 4 is 15.9 Å². The van der Waals surface area contributed by atoms with Gasteiger partial charge in [-0.15, -0.1) is 0 Å². The van der Waals surface area contributed by atoms with E-state index in [4.69, 9.17) is 0 Å². The van der Waals surface area contributed by atoms with Gasteiger partial charge in [0.05, 0.1) is 4.47 Å². The first-order valence-corrected chi connectivity index (χ1v) is 8.20. The summed E-state index contributed by atoms with van der Waals surface area (Å²) in [4.78, 5) is 0. The normalized spacial score (nSPS) is 28.7. The summed E-state index contributed by atoms with van der Waals surface area (Å²) in [5, 5.41) is 3.53. The summed E-state index contributed by atoms with van der Waals surface area (Å²) < 4.78 is 14.3. The topological polar surface area (TPSA) is 12.0 Å². The largest absolute Gasteiger partial charge is 0.316 e. The van der Waals surface area contributed by atoms with Crippen LogP contribution in [0.1, 0.15) is 43.6 Å². The molecule has 0 bridgehead atoms. The van der Waals surface area contributed by atoms with Crippen LogP contribution in [0.5, 0.6) is 0 Å². The fourth-order valence-electron chi connectivity index (χ4n) is 3.92. The molecule has 2 aliphatic rings. The molecule has 1 aliphatic heterocycles. The van der Waals surface area contributed by atoms with Crippen LogP contribution >= 0.6 is 15.9 Å². The Morgan fingerprint density at radius 1 is 1.16 bits per heavy atom. The Morgan fingerprint density at radius 3 is 2.68 bits per heavy atom. The summed E-state index contributed by atoms with van der Waals surface area (Å²) >= 11 is 3.25. The van der Waals surface area contributed by atoms with Gasteiger partial charge in [0.2, 0.25) is 0 Å². The summed E-state index contributed by atoms with van der Waals surface area (Å²) in [7, 11) is 0. The zero-order valence-electron chi connectivity index (χ0n) is 11.2. The van der Waals surface area contributed by atoms with Gasteiger partial charge in [-0.25, -0.2) is 4.39 Å². The number of hydrogen-bond donors (Lipinski definition) is 1. The van der Waals surface area contributed by atoms with Crippen LogP contribution in [-0.2, 0) is 0 Å². The van der Waals surface area contributed by atoms with Crippen molar-refractivity contribution in [2.45, 2.75) is 38.0 Å². The third kappa shape index (κ3) is 2.87. The van der Waals surface area contributed by atoms with Crippen molar-refractivity contribution in [3.63, 3.8) is 0 Å². The van der Waals surface area contributed by atoms with E-state index >= 15 is 0 Å². The van der Waals surface area contributed by atoms with E-state index in [0.29, 0.717) is 16.3 Å². The highest BCUT2D eigenvalue weighted by atomic mass is 79.9. The van der Waals surface area contributed by atoms with Gasteiger partial charge in [0.15, 0.2) is 0 Å². The highest BCUT2D eigenvalue weighted by Crippen LogP contribution is 2.42. The molecule has 2 atom stereocenters. The molecule has 1 N–H and O–H groups in total. The number of piperidine rings is 1. The van der Waals surface area contributed by atoms with Crippen LogP contribution < -0.4 is 5.32 Å². The lowest BCUT2D eigenvalue weighted by Crippen LogP contribution is -2.38. The summed E-state index contributed by atoms with van der Waals surface area (Å²) in [5.41, 5.74) is 1.19.